The molecule has 304 valence electrons. The number of anilines is 2. The van der Waals surface area contributed by atoms with Crippen molar-refractivity contribution < 1.29 is 47.1 Å². The third kappa shape index (κ3) is 10.3. The molecule has 0 aliphatic carbocycles. The minimum Gasteiger partial charge on any atom is -0.506 e. The van der Waals surface area contributed by atoms with Gasteiger partial charge in [0.2, 0.25) is 0 Å². The van der Waals surface area contributed by atoms with Crippen LogP contribution < -0.4 is 10.6 Å². The molecule has 0 radical (unpaired) electrons. The molecule has 12 nitrogen and oxygen atoms in total. The second-order valence-corrected chi connectivity index (χ2v) is 13.9. The minimum atomic E-state index is -0.480. The fourth-order valence-electron chi connectivity index (χ4n) is 5.98. The van der Waals surface area contributed by atoms with Gasteiger partial charge in [0.1, 0.15) is 34.2 Å². The fraction of sp³-hybridized carbons (Fsp3) is 0. The van der Waals surface area contributed by atoms with Gasteiger partial charge in [-0.25, -0.2) is 0 Å². The predicted octanol–water partition coefficient (Wildman–Crippen LogP) is 13.1. The van der Waals surface area contributed by atoms with Gasteiger partial charge in [0.05, 0.1) is 11.1 Å². The summed E-state index contributed by atoms with van der Waals surface area (Å²) >= 11 is 11.9. The van der Waals surface area contributed by atoms with Crippen molar-refractivity contribution in [3.63, 3.8) is 0 Å². The van der Waals surface area contributed by atoms with Gasteiger partial charge >= 0.3 is 0 Å². The molecule has 0 unspecified atom stereocenters. The van der Waals surface area contributed by atoms with E-state index in [1.807, 2.05) is 36.4 Å². The van der Waals surface area contributed by atoms with Crippen LogP contribution in [-0.2, 0) is 17.1 Å². The van der Waals surface area contributed by atoms with E-state index in [0.29, 0.717) is 43.0 Å². The number of rotatable bonds is 8. The van der Waals surface area contributed by atoms with E-state index in [-0.39, 0.29) is 73.9 Å². The molecule has 8 rings (SSSR count). The van der Waals surface area contributed by atoms with Gasteiger partial charge in [-0.3, -0.25) is 9.59 Å². The Balaban J connectivity index is 0.000000201. The van der Waals surface area contributed by atoms with E-state index in [9.17, 15) is 30.0 Å². The van der Waals surface area contributed by atoms with Crippen LogP contribution in [0.25, 0.3) is 21.5 Å². The number of benzene rings is 8. The second kappa shape index (κ2) is 19.6. The molecular weight excluding hydrogens is 859 g/mol. The first-order valence-corrected chi connectivity index (χ1v) is 18.8. The summed E-state index contributed by atoms with van der Waals surface area (Å²) in [6, 6.07) is 44.2. The van der Waals surface area contributed by atoms with Gasteiger partial charge in [-0.15, -0.1) is 20.5 Å². The topological polar surface area (TPSA) is 189 Å². The normalized spacial score (nSPS) is 10.9. The number of fused-ring (bicyclic) bond motifs is 2. The summed E-state index contributed by atoms with van der Waals surface area (Å²) in [5.74, 6) is -1.80. The Morgan fingerprint density at radius 2 is 0.803 bits per heavy atom. The number of carbonyl (C=O) groups excluding carboxylic acids is 2. The zero-order chi connectivity index (χ0) is 42.2. The number of hydrogen-bond donors (Lipinski definition) is 6. The molecule has 0 saturated heterocycles. The largest absolute Gasteiger partial charge is 0.506 e. The van der Waals surface area contributed by atoms with Gasteiger partial charge in [0.15, 0.2) is 11.5 Å². The molecule has 0 aromatic heterocycles. The van der Waals surface area contributed by atoms with Crippen molar-refractivity contribution in [2.24, 2.45) is 20.5 Å². The third-order valence-corrected chi connectivity index (χ3v) is 9.40. The molecule has 0 aliphatic rings. The standard InChI is InChI=1S/2C23H16ClN3O3.Fe/c2*24-15-10-11-20(28)19(13-15)26-27-21-17-9-5-4-6-14(17)12-18(22(21)29)23(30)25-16-7-2-1-3-8-16;/h2*1-13,28-29H,(H,25,30);. The maximum Gasteiger partial charge on any atom is 0.259 e. The average Bonchev–Trinajstić information content (AvgIpc) is 3.25. The first kappa shape index (κ1) is 43.3. The molecule has 0 atom stereocenters. The van der Waals surface area contributed by atoms with E-state index < -0.39 is 11.8 Å². The van der Waals surface area contributed by atoms with Crippen molar-refractivity contribution in [1.82, 2.24) is 0 Å². The summed E-state index contributed by atoms with van der Waals surface area (Å²) in [4.78, 5) is 25.6. The van der Waals surface area contributed by atoms with Gasteiger partial charge in [0.25, 0.3) is 11.8 Å². The van der Waals surface area contributed by atoms with Gasteiger partial charge < -0.3 is 31.1 Å². The Hall–Kier alpha value is -7.28. The van der Waals surface area contributed by atoms with Crippen LogP contribution in [0.15, 0.2) is 178 Å². The maximum absolute atomic E-state index is 12.8. The number of aromatic hydroxyl groups is 4. The molecule has 8 aromatic carbocycles. The summed E-state index contributed by atoms with van der Waals surface area (Å²) in [7, 11) is 0. The number of para-hydroxylation sites is 2. The monoisotopic (exact) mass is 890 g/mol. The third-order valence-electron chi connectivity index (χ3n) is 8.93. The Morgan fingerprint density at radius 3 is 1.20 bits per heavy atom. The number of phenolic OH excluding ortho intramolecular Hbond substituents is 4. The molecule has 15 heteroatoms. The van der Waals surface area contributed by atoms with Crippen LogP contribution in [0.5, 0.6) is 23.0 Å². The van der Waals surface area contributed by atoms with Crippen LogP contribution >= 0.6 is 23.2 Å². The van der Waals surface area contributed by atoms with E-state index >= 15 is 0 Å². The van der Waals surface area contributed by atoms with Crippen molar-refractivity contribution >= 4 is 90.7 Å². The fourth-order valence-corrected chi connectivity index (χ4v) is 6.32. The smallest absolute Gasteiger partial charge is 0.259 e. The quantitative estimate of drug-likeness (QED) is 0.0650. The second-order valence-electron chi connectivity index (χ2n) is 13.0. The Bertz CT molecular complexity index is 2750. The van der Waals surface area contributed by atoms with Crippen LogP contribution in [0.4, 0.5) is 34.1 Å². The van der Waals surface area contributed by atoms with Crippen LogP contribution in [0.1, 0.15) is 20.7 Å². The summed E-state index contributed by atoms with van der Waals surface area (Å²) in [6.45, 7) is 0. The molecule has 0 spiro atoms. The zero-order valence-electron chi connectivity index (χ0n) is 31.5. The van der Waals surface area contributed by atoms with Gasteiger partial charge in [-0.05, 0) is 83.6 Å². The van der Waals surface area contributed by atoms with E-state index in [2.05, 4.69) is 31.1 Å². The summed E-state index contributed by atoms with van der Waals surface area (Å²) < 4.78 is 0. The first-order chi connectivity index (χ1) is 29.0. The van der Waals surface area contributed by atoms with Crippen molar-refractivity contribution in [1.29, 1.82) is 0 Å². The number of halogens is 2. The molecule has 61 heavy (non-hydrogen) atoms. The average molecular weight is 892 g/mol. The number of carbonyl (C=O) groups is 2. The number of azo groups is 2. The SMILES string of the molecule is O=C(Nc1ccccc1)c1cc2ccccc2c(N=Nc2cc(Cl)ccc2O)c1O.O=C(Nc1ccccc1)c1cc2ccccc2c(N=Nc2cc(Cl)ccc2O)c1O.[Fe]. The van der Waals surface area contributed by atoms with Crippen molar-refractivity contribution in [3.05, 3.63) is 179 Å². The van der Waals surface area contributed by atoms with Crippen LogP contribution in [0, 0.1) is 0 Å². The molecule has 0 fully saturated rings. The van der Waals surface area contributed by atoms with Crippen LogP contribution in [-0.4, -0.2) is 32.2 Å². The zero-order valence-corrected chi connectivity index (χ0v) is 34.1. The van der Waals surface area contributed by atoms with E-state index in [1.54, 1.807) is 84.9 Å². The Labute approximate surface area is 369 Å². The molecule has 0 bridgehead atoms. The van der Waals surface area contributed by atoms with Gasteiger partial charge in [0, 0.05) is 49.3 Å². The maximum atomic E-state index is 12.8. The molecule has 2 amide bonds. The summed E-state index contributed by atoms with van der Waals surface area (Å²) in [5.41, 5.74) is 1.83. The van der Waals surface area contributed by atoms with E-state index in [4.69, 9.17) is 23.2 Å². The first-order valence-electron chi connectivity index (χ1n) is 18.1. The summed E-state index contributed by atoms with van der Waals surface area (Å²) in [5, 5.41) is 66.8. The number of amides is 2. The van der Waals surface area contributed by atoms with Gasteiger partial charge in [-0.1, -0.05) is 108 Å². The molecule has 0 aliphatic heterocycles. The van der Waals surface area contributed by atoms with Crippen molar-refractivity contribution in [2.75, 3.05) is 10.6 Å². The number of phenols is 4. The van der Waals surface area contributed by atoms with E-state index in [1.165, 1.54) is 36.4 Å². The van der Waals surface area contributed by atoms with Crippen molar-refractivity contribution in [2.45, 2.75) is 0 Å². The summed E-state index contributed by atoms with van der Waals surface area (Å²) in [6.07, 6.45) is 0. The minimum absolute atomic E-state index is 0. The predicted molar refractivity (Wildman–Crippen MR) is 235 cm³/mol. The number of nitrogens with zero attached hydrogens (tertiary/aromatic N) is 4. The molecule has 8 aromatic rings. The number of nitrogens with one attached hydrogen (secondary N) is 2. The molecular formula is C46H32Cl2FeN6O6. The molecule has 6 N–H and O–H groups in total. The van der Waals surface area contributed by atoms with Gasteiger partial charge in [-0.2, -0.15) is 0 Å². The van der Waals surface area contributed by atoms with Crippen LogP contribution in [0.3, 0.4) is 0 Å². The van der Waals surface area contributed by atoms with E-state index in [0.717, 1.165) is 0 Å². The van der Waals surface area contributed by atoms with Crippen LogP contribution in [0.2, 0.25) is 10.0 Å². The Morgan fingerprint density at radius 1 is 0.443 bits per heavy atom. The van der Waals surface area contributed by atoms with Crippen molar-refractivity contribution in [3.8, 4) is 23.0 Å². The number of hydrogen-bond acceptors (Lipinski definition) is 10. The molecule has 0 heterocycles. The Kier molecular flexibility index (Phi) is 13.9. The molecule has 0 saturated carbocycles.